The number of rotatable bonds is 9. The SMILES string of the molecule is CCCC(O)CCc1cc(C2CCC(C3CCC(CCC)CC3)CC2)c(F)c(F)c1F. The summed E-state index contributed by atoms with van der Waals surface area (Å²) in [6, 6.07) is 1.55. The summed E-state index contributed by atoms with van der Waals surface area (Å²) in [5, 5.41) is 9.95. The zero-order valence-electron chi connectivity index (χ0n) is 19.4. The van der Waals surface area contributed by atoms with Gasteiger partial charge in [0.25, 0.3) is 0 Å². The van der Waals surface area contributed by atoms with Gasteiger partial charge in [-0.25, -0.2) is 13.2 Å². The summed E-state index contributed by atoms with van der Waals surface area (Å²) in [5.41, 5.74) is 0.560. The van der Waals surface area contributed by atoms with Crippen LogP contribution in [0.1, 0.15) is 114 Å². The molecule has 1 atom stereocenters. The highest BCUT2D eigenvalue weighted by Crippen LogP contribution is 2.45. The lowest BCUT2D eigenvalue weighted by atomic mass is 9.68. The topological polar surface area (TPSA) is 20.2 Å². The van der Waals surface area contributed by atoms with Gasteiger partial charge >= 0.3 is 0 Å². The van der Waals surface area contributed by atoms with Crippen LogP contribution < -0.4 is 0 Å². The molecule has 0 heterocycles. The van der Waals surface area contributed by atoms with Crippen LogP contribution in [0.4, 0.5) is 13.2 Å². The molecule has 1 nitrogen and oxygen atoms in total. The van der Waals surface area contributed by atoms with Gasteiger partial charge in [-0.1, -0.05) is 46.0 Å². The quantitative estimate of drug-likeness (QED) is 0.386. The fourth-order valence-electron chi connectivity index (χ4n) is 6.22. The van der Waals surface area contributed by atoms with Crippen molar-refractivity contribution in [2.75, 3.05) is 0 Å². The Balaban J connectivity index is 1.60. The number of hydrogen-bond acceptors (Lipinski definition) is 1. The third-order valence-electron chi connectivity index (χ3n) is 8.09. The van der Waals surface area contributed by atoms with Crippen molar-refractivity contribution in [2.24, 2.45) is 17.8 Å². The molecule has 0 aliphatic heterocycles. The van der Waals surface area contributed by atoms with Crippen molar-refractivity contribution in [2.45, 2.75) is 116 Å². The Morgan fingerprint density at radius 3 is 2.00 bits per heavy atom. The summed E-state index contributed by atoms with van der Waals surface area (Å²) in [6.07, 6.45) is 13.4. The first kappa shape index (κ1) is 24.6. The molecule has 3 rings (SSSR count). The van der Waals surface area contributed by atoms with Crippen LogP contribution in [0.3, 0.4) is 0 Å². The van der Waals surface area contributed by atoms with E-state index in [4.69, 9.17) is 0 Å². The lowest BCUT2D eigenvalue weighted by Crippen LogP contribution is -2.25. The summed E-state index contributed by atoms with van der Waals surface area (Å²) < 4.78 is 43.3. The van der Waals surface area contributed by atoms with Gasteiger partial charge in [-0.15, -0.1) is 0 Å². The Labute approximate surface area is 186 Å². The molecule has 2 fully saturated rings. The second-order valence-electron chi connectivity index (χ2n) is 10.2. The van der Waals surface area contributed by atoms with Gasteiger partial charge in [0.1, 0.15) is 0 Å². The van der Waals surface area contributed by atoms with Crippen molar-refractivity contribution in [1.82, 2.24) is 0 Å². The van der Waals surface area contributed by atoms with Crippen molar-refractivity contribution in [1.29, 1.82) is 0 Å². The van der Waals surface area contributed by atoms with E-state index in [0.717, 1.165) is 43.9 Å². The van der Waals surface area contributed by atoms with E-state index in [1.54, 1.807) is 6.07 Å². The molecule has 0 amide bonds. The van der Waals surface area contributed by atoms with Gasteiger partial charge in [0.2, 0.25) is 0 Å². The second-order valence-corrected chi connectivity index (χ2v) is 10.2. The summed E-state index contributed by atoms with van der Waals surface area (Å²) in [5.74, 6) is -1.05. The van der Waals surface area contributed by atoms with E-state index in [1.807, 2.05) is 6.92 Å². The molecule has 0 spiro atoms. The first-order valence-electron chi connectivity index (χ1n) is 12.8. The van der Waals surface area contributed by atoms with E-state index in [-0.39, 0.29) is 17.9 Å². The first-order valence-corrected chi connectivity index (χ1v) is 12.8. The minimum atomic E-state index is -1.34. The Hall–Kier alpha value is -1.03. The Kier molecular flexibility index (Phi) is 9.31. The normalized spacial score (nSPS) is 27.9. The monoisotopic (exact) mass is 438 g/mol. The highest BCUT2D eigenvalue weighted by molar-refractivity contribution is 5.31. The van der Waals surface area contributed by atoms with E-state index in [1.165, 1.54) is 38.5 Å². The van der Waals surface area contributed by atoms with Crippen LogP contribution in [0.2, 0.25) is 0 Å². The molecule has 0 bridgehead atoms. The van der Waals surface area contributed by atoms with E-state index in [9.17, 15) is 18.3 Å². The molecule has 4 heteroatoms. The second kappa shape index (κ2) is 11.7. The van der Waals surface area contributed by atoms with E-state index < -0.39 is 23.6 Å². The lowest BCUT2D eigenvalue weighted by molar-refractivity contribution is 0.153. The van der Waals surface area contributed by atoms with Crippen molar-refractivity contribution in [3.63, 3.8) is 0 Å². The maximum Gasteiger partial charge on any atom is 0.194 e. The molecule has 2 saturated carbocycles. The van der Waals surface area contributed by atoms with Gasteiger partial charge < -0.3 is 5.11 Å². The van der Waals surface area contributed by atoms with Crippen LogP contribution in [0.15, 0.2) is 6.07 Å². The molecular weight excluding hydrogens is 397 g/mol. The standard InChI is InChI=1S/C27H41F3O/c1-3-5-18-7-9-19(10-8-18)20-11-13-21(14-12-20)24-17-22(15-16-23(31)6-4-2)25(28)27(30)26(24)29/h17-21,23,31H,3-16H2,1-2H3. The van der Waals surface area contributed by atoms with E-state index in [2.05, 4.69) is 6.92 Å². The maximum absolute atomic E-state index is 14.6. The molecule has 0 radical (unpaired) electrons. The summed E-state index contributed by atoms with van der Waals surface area (Å²) in [7, 11) is 0. The van der Waals surface area contributed by atoms with Gasteiger partial charge in [0.15, 0.2) is 17.5 Å². The highest BCUT2D eigenvalue weighted by Gasteiger charge is 2.33. The maximum atomic E-state index is 14.6. The minimum Gasteiger partial charge on any atom is -0.393 e. The smallest absolute Gasteiger partial charge is 0.194 e. The Bertz CT molecular complexity index is 688. The molecule has 1 aromatic rings. The molecule has 31 heavy (non-hydrogen) atoms. The zero-order valence-corrected chi connectivity index (χ0v) is 19.4. The van der Waals surface area contributed by atoms with Gasteiger partial charge in [-0.05, 0) is 98.7 Å². The van der Waals surface area contributed by atoms with Crippen molar-refractivity contribution < 1.29 is 18.3 Å². The van der Waals surface area contributed by atoms with E-state index in [0.29, 0.717) is 24.3 Å². The Morgan fingerprint density at radius 2 is 1.42 bits per heavy atom. The minimum absolute atomic E-state index is 0.0258. The Morgan fingerprint density at radius 1 is 0.806 bits per heavy atom. The van der Waals surface area contributed by atoms with Gasteiger partial charge in [-0.3, -0.25) is 0 Å². The number of halogens is 3. The summed E-state index contributed by atoms with van der Waals surface area (Å²) in [4.78, 5) is 0. The zero-order chi connectivity index (χ0) is 22.4. The number of aliphatic hydroxyl groups is 1. The van der Waals surface area contributed by atoms with Crippen LogP contribution in [-0.4, -0.2) is 11.2 Å². The lowest BCUT2D eigenvalue weighted by Gasteiger charge is -2.38. The largest absolute Gasteiger partial charge is 0.393 e. The third kappa shape index (κ3) is 6.27. The summed E-state index contributed by atoms with van der Waals surface area (Å²) in [6.45, 7) is 4.25. The van der Waals surface area contributed by atoms with Crippen molar-refractivity contribution in [3.05, 3.63) is 34.6 Å². The molecule has 176 valence electrons. The molecule has 1 unspecified atom stereocenters. The third-order valence-corrected chi connectivity index (χ3v) is 8.09. The highest BCUT2D eigenvalue weighted by atomic mass is 19.2. The molecule has 2 aliphatic rings. The summed E-state index contributed by atoms with van der Waals surface area (Å²) >= 11 is 0. The molecule has 1 N–H and O–H groups in total. The average Bonchev–Trinajstić information content (AvgIpc) is 2.78. The van der Waals surface area contributed by atoms with Gasteiger partial charge in [-0.2, -0.15) is 0 Å². The van der Waals surface area contributed by atoms with Crippen LogP contribution in [0, 0.1) is 35.2 Å². The predicted octanol–water partition coefficient (Wildman–Crippen LogP) is 8.08. The number of aryl methyl sites for hydroxylation is 1. The number of hydrogen-bond donors (Lipinski definition) is 1. The van der Waals surface area contributed by atoms with Gasteiger partial charge in [0.05, 0.1) is 6.10 Å². The molecular formula is C27H41F3O. The van der Waals surface area contributed by atoms with E-state index >= 15 is 0 Å². The molecule has 1 aromatic carbocycles. The number of aliphatic hydroxyl groups excluding tert-OH is 1. The fourth-order valence-corrected chi connectivity index (χ4v) is 6.22. The molecule has 2 aliphatic carbocycles. The van der Waals surface area contributed by atoms with Crippen LogP contribution in [0.25, 0.3) is 0 Å². The number of benzene rings is 1. The molecule has 0 aromatic heterocycles. The average molecular weight is 439 g/mol. The van der Waals surface area contributed by atoms with Crippen molar-refractivity contribution >= 4 is 0 Å². The van der Waals surface area contributed by atoms with Crippen LogP contribution >= 0.6 is 0 Å². The predicted molar refractivity (Wildman–Crippen MR) is 121 cm³/mol. The van der Waals surface area contributed by atoms with Crippen molar-refractivity contribution in [3.8, 4) is 0 Å². The first-order chi connectivity index (χ1) is 14.9. The van der Waals surface area contributed by atoms with Gasteiger partial charge in [0, 0.05) is 0 Å². The molecule has 0 saturated heterocycles. The van der Waals surface area contributed by atoms with Crippen LogP contribution in [-0.2, 0) is 6.42 Å². The van der Waals surface area contributed by atoms with Crippen LogP contribution in [0.5, 0.6) is 0 Å². The fraction of sp³-hybridized carbons (Fsp3) is 0.778.